The van der Waals surface area contributed by atoms with Crippen LogP contribution in [-0.2, 0) is 10.4 Å². The molecular formula is C6H3Cl2NO3S. The van der Waals surface area contributed by atoms with Gasteiger partial charge in [0.25, 0.3) is 5.69 Å². The number of nitro benzene ring substituents is 1. The van der Waals surface area contributed by atoms with E-state index in [1.807, 2.05) is 0 Å². The van der Waals surface area contributed by atoms with Gasteiger partial charge in [-0.2, -0.15) is 0 Å². The van der Waals surface area contributed by atoms with E-state index in [9.17, 15) is 14.7 Å². The summed E-state index contributed by atoms with van der Waals surface area (Å²) in [5, 5.41) is 10.4. The second-order valence-corrected chi connectivity index (χ2v) is 4.26. The standard InChI is InChI=1S/C6H3Cl2NO3S/c7-5-2-1-4(13(8)12)3-6(5)9(10)11/h1-3H. The van der Waals surface area contributed by atoms with Gasteiger partial charge in [-0.15, -0.1) is 0 Å². The number of halogens is 2. The fourth-order valence-electron chi connectivity index (χ4n) is 0.732. The lowest BCUT2D eigenvalue weighted by molar-refractivity contribution is -0.384. The van der Waals surface area contributed by atoms with Gasteiger partial charge in [0.2, 0.25) is 0 Å². The average Bonchev–Trinajstić information content (AvgIpc) is 2.04. The molecule has 0 fully saturated rings. The maximum Gasteiger partial charge on any atom is 0.292 e. The molecule has 0 N–H and O–H groups in total. The lowest BCUT2D eigenvalue weighted by atomic mass is 10.3. The molecule has 1 aromatic carbocycles. The van der Waals surface area contributed by atoms with Gasteiger partial charge in [0.1, 0.15) is 15.4 Å². The Hall–Kier alpha value is -0.490. The fraction of sp³-hybridized carbons (Fsp3) is 0. The van der Waals surface area contributed by atoms with Crippen molar-refractivity contribution in [3.63, 3.8) is 0 Å². The van der Waals surface area contributed by atoms with E-state index in [2.05, 4.69) is 0 Å². The van der Waals surface area contributed by atoms with Gasteiger partial charge in [-0.25, -0.2) is 0 Å². The van der Waals surface area contributed by atoms with E-state index in [0.29, 0.717) is 0 Å². The molecule has 1 rings (SSSR count). The van der Waals surface area contributed by atoms with Gasteiger partial charge in [-0.05, 0) is 12.1 Å². The highest BCUT2D eigenvalue weighted by molar-refractivity contribution is 8.13. The van der Waals surface area contributed by atoms with Gasteiger partial charge in [-0.3, -0.25) is 10.1 Å². The van der Waals surface area contributed by atoms with Gasteiger partial charge in [0, 0.05) is 0 Å². The smallest absolute Gasteiger partial charge is 0.292 e. The van der Waals surface area contributed by atoms with E-state index in [0.717, 1.165) is 6.07 Å². The Morgan fingerprint density at radius 2 is 2.08 bits per heavy atom. The van der Waals surface area contributed by atoms with Crippen molar-refractivity contribution >= 4 is 38.4 Å². The third kappa shape index (κ3) is 2.47. The number of hydrogen-bond donors (Lipinski definition) is 0. The van der Waals surface area contributed by atoms with Crippen LogP contribution in [0.4, 0.5) is 5.69 Å². The van der Waals surface area contributed by atoms with E-state index in [4.69, 9.17) is 22.3 Å². The fourth-order valence-corrected chi connectivity index (χ4v) is 1.59. The molecule has 0 bridgehead atoms. The van der Waals surface area contributed by atoms with Gasteiger partial charge in [-0.1, -0.05) is 11.6 Å². The zero-order valence-electron chi connectivity index (χ0n) is 6.07. The molecule has 1 unspecified atom stereocenters. The summed E-state index contributed by atoms with van der Waals surface area (Å²) < 4.78 is 10.7. The van der Waals surface area contributed by atoms with E-state index in [1.165, 1.54) is 12.1 Å². The molecule has 0 amide bonds. The molecule has 0 aliphatic heterocycles. The summed E-state index contributed by atoms with van der Waals surface area (Å²) in [7, 11) is 3.48. The molecule has 0 heterocycles. The zero-order valence-corrected chi connectivity index (χ0v) is 8.40. The summed E-state index contributed by atoms with van der Waals surface area (Å²) >= 11 is 5.51. The first-order valence-electron chi connectivity index (χ1n) is 3.04. The normalized spacial score (nSPS) is 12.5. The van der Waals surface area contributed by atoms with Crippen molar-refractivity contribution in [2.24, 2.45) is 0 Å². The molecule has 0 aliphatic rings. The first kappa shape index (κ1) is 10.6. The molecule has 0 aromatic heterocycles. The Morgan fingerprint density at radius 1 is 1.46 bits per heavy atom. The van der Waals surface area contributed by atoms with E-state index in [-0.39, 0.29) is 15.6 Å². The predicted octanol–water partition coefficient (Wildman–Crippen LogP) is 2.51. The quantitative estimate of drug-likeness (QED) is 0.453. The van der Waals surface area contributed by atoms with Crippen molar-refractivity contribution in [3.8, 4) is 0 Å². The largest absolute Gasteiger partial charge is 0.594 e. The van der Waals surface area contributed by atoms with Crippen molar-refractivity contribution in [3.05, 3.63) is 33.3 Å². The van der Waals surface area contributed by atoms with Crippen LogP contribution in [0.25, 0.3) is 0 Å². The van der Waals surface area contributed by atoms with Crippen LogP contribution in [0, 0.1) is 10.1 Å². The van der Waals surface area contributed by atoms with Crippen LogP contribution in [0.1, 0.15) is 0 Å². The van der Waals surface area contributed by atoms with E-state index >= 15 is 0 Å². The predicted molar refractivity (Wildman–Crippen MR) is 50.4 cm³/mol. The summed E-state index contributed by atoms with van der Waals surface area (Å²) in [5.41, 5.74) is -0.298. The summed E-state index contributed by atoms with van der Waals surface area (Å²) in [6.07, 6.45) is 0. The van der Waals surface area contributed by atoms with Crippen LogP contribution in [0.3, 0.4) is 0 Å². The van der Waals surface area contributed by atoms with Crippen LogP contribution in [0.15, 0.2) is 23.1 Å². The highest BCUT2D eigenvalue weighted by atomic mass is 35.7. The summed E-state index contributed by atoms with van der Waals surface area (Å²) in [6, 6.07) is 3.75. The minimum atomic E-state index is -1.75. The molecule has 1 atom stereocenters. The van der Waals surface area contributed by atoms with Crippen molar-refractivity contribution in [1.29, 1.82) is 0 Å². The van der Waals surface area contributed by atoms with Gasteiger partial charge < -0.3 is 4.55 Å². The van der Waals surface area contributed by atoms with Gasteiger partial charge in [0.05, 0.1) is 11.0 Å². The Morgan fingerprint density at radius 3 is 2.54 bits per heavy atom. The minimum absolute atomic E-state index is 0.00383. The van der Waals surface area contributed by atoms with Crippen molar-refractivity contribution in [2.75, 3.05) is 0 Å². The highest BCUT2D eigenvalue weighted by Gasteiger charge is 2.18. The molecule has 0 spiro atoms. The van der Waals surface area contributed by atoms with Crippen LogP contribution >= 0.6 is 22.3 Å². The molecule has 0 aliphatic carbocycles. The Labute approximate surface area is 86.3 Å². The van der Waals surface area contributed by atoms with Gasteiger partial charge in [0.15, 0.2) is 15.6 Å². The average molecular weight is 240 g/mol. The molecule has 7 heteroatoms. The lowest BCUT2D eigenvalue weighted by Crippen LogP contribution is -1.94. The Bertz CT molecular complexity index is 345. The van der Waals surface area contributed by atoms with Crippen molar-refractivity contribution < 1.29 is 9.48 Å². The van der Waals surface area contributed by atoms with E-state index in [1.54, 1.807) is 0 Å². The molecule has 0 saturated carbocycles. The first-order valence-corrected chi connectivity index (χ1v) is 5.39. The molecular weight excluding hydrogens is 237 g/mol. The molecule has 70 valence electrons. The number of nitro groups is 1. The van der Waals surface area contributed by atoms with Crippen LogP contribution in [0.2, 0.25) is 5.02 Å². The van der Waals surface area contributed by atoms with Gasteiger partial charge >= 0.3 is 0 Å². The third-order valence-corrected chi connectivity index (χ3v) is 2.78. The second-order valence-electron chi connectivity index (χ2n) is 2.09. The molecule has 13 heavy (non-hydrogen) atoms. The first-order chi connectivity index (χ1) is 6.02. The zero-order chi connectivity index (χ0) is 10.0. The number of rotatable bonds is 2. The maximum atomic E-state index is 10.7. The van der Waals surface area contributed by atoms with Crippen LogP contribution < -0.4 is 0 Å². The monoisotopic (exact) mass is 239 g/mol. The number of benzene rings is 1. The summed E-state index contributed by atoms with van der Waals surface area (Å²) in [6.45, 7) is 0. The SMILES string of the molecule is O=[N+]([O-])c1cc([S+]([O-])Cl)ccc1Cl. The third-order valence-electron chi connectivity index (χ3n) is 1.30. The Balaban J connectivity index is 3.19. The highest BCUT2D eigenvalue weighted by Crippen LogP contribution is 2.28. The molecule has 4 nitrogen and oxygen atoms in total. The summed E-state index contributed by atoms with van der Waals surface area (Å²) in [4.78, 5) is 9.88. The van der Waals surface area contributed by atoms with Crippen LogP contribution in [0.5, 0.6) is 0 Å². The van der Waals surface area contributed by atoms with E-state index < -0.39 is 15.3 Å². The van der Waals surface area contributed by atoms with Crippen LogP contribution in [-0.4, -0.2) is 9.48 Å². The maximum absolute atomic E-state index is 10.7. The topological polar surface area (TPSA) is 66.2 Å². The number of hydrogen-bond acceptors (Lipinski definition) is 3. The lowest BCUT2D eigenvalue weighted by Gasteiger charge is -1.99. The molecule has 1 aromatic rings. The van der Waals surface area contributed by atoms with Crippen molar-refractivity contribution in [1.82, 2.24) is 0 Å². The number of nitrogens with zero attached hydrogens (tertiary/aromatic N) is 1. The minimum Gasteiger partial charge on any atom is -0.594 e. The molecule has 0 saturated heterocycles. The van der Waals surface area contributed by atoms with Crippen molar-refractivity contribution in [2.45, 2.75) is 4.90 Å². The second kappa shape index (κ2) is 4.15. The summed E-state index contributed by atoms with van der Waals surface area (Å²) in [5.74, 6) is 0. The molecule has 0 radical (unpaired) electrons. The Kier molecular flexibility index (Phi) is 3.38.